The summed E-state index contributed by atoms with van der Waals surface area (Å²) in [4.78, 5) is 10.9. The van der Waals surface area contributed by atoms with Gasteiger partial charge in [-0.1, -0.05) is 18.2 Å². The Hall–Kier alpha value is -1.40. The Morgan fingerprint density at radius 3 is 2.06 bits per heavy atom. The van der Waals surface area contributed by atoms with Crippen molar-refractivity contribution in [2.75, 3.05) is 4.90 Å². The van der Waals surface area contributed by atoms with Crippen LogP contribution in [0.4, 0.5) is 5.69 Å². The van der Waals surface area contributed by atoms with Crippen molar-refractivity contribution >= 4 is 21.7 Å². The number of carbonyl (C=O) groups excluding carboxylic acids is 1. The number of rotatable bonds is 3. The quantitative estimate of drug-likeness (QED) is 0.836. The van der Waals surface area contributed by atoms with Crippen molar-refractivity contribution in [3.8, 4) is 0 Å². The molecule has 1 N–H and O–H groups in total. The largest absolute Gasteiger partial charge is 0.290 e. The van der Waals surface area contributed by atoms with E-state index in [1.807, 2.05) is 0 Å². The molecule has 0 aliphatic carbocycles. The molecule has 1 aromatic carbocycles. The number of hydrogen-bond acceptors (Lipinski definition) is 3. The summed E-state index contributed by atoms with van der Waals surface area (Å²) in [6, 6.07) is 8.33. The second-order valence-electron chi connectivity index (χ2n) is 4.11. The smallest absolute Gasteiger partial charge is 0.289 e. The van der Waals surface area contributed by atoms with E-state index in [0.717, 1.165) is 4.90 Å². The summed E-state index contributed by atoms with van der Waals surface area (Å²) in [5.74, 6) is -0.459. The molecule has 17 heavy (non-hydrogen) atoms. The summed E-state index contributed by atoms with van der Waals surface area (Å²) in [7, 11) is -4.39. The zero-order valence-corrected chi connectivity index (χ0v) is 10.7. The second kappa shape index (κ2) is 4.46. The molecule has 0 bridgehead atoms. The standard InChI is InChI=1S/C11H15NO4S/c1-9(13)12(10-7-5-4-6-8-10)11(2,3)17(14,15)16/h4-8H,1-3H3,(H,14,15,16). The third-order valence-electron chi connectivity index (χ3n) is 2.50. The van der Waals surface area contributed by atoms with Crippen LogP contribution in [0.3, 0.4) is 0 Å². The molecule has 0 unspecified atom stereocenters. The number of para-hydroxylation sites is 1. The molecular weight excluding hydrogens is 242 g/mol. The molecule has 5 nitrogen and oxygen atoms in total. The Morgan fingerprint density at radius 1 is 1.24 bits per heavy atom. The van der Waals surface area contributed by atoms with E-state index < -0.39 is 20.9 Å². The van der Waals surface area contributed by atoms with Gasteiger partial charge in [-0.05, 0) is 26.0 Å². The molecule has 0 aromatic heterocycles. The lowest BCUT2D eigenvalue weighted by Crippen LogP contribution is -2.52. The first-order valence-electron chi connectivity index (χ1n) is 5.01. The number of carbonyl (C=O) groups is 1. The molecule has 0 fully saturated rings. The lowest BCUT2D eigenvalue weighted by molar-refractivity contribution is -0.117. The van der Waals surface area contributed by atoms with E-state index >= 15 is 0 Å². The van der Waals surface area contributed by atoms with Gasteiger partial charge in [-0.2, -0.15) is 8.42 Å². The molecule has 0 saturated carbocycles. The summed E-state index contributed by atoms with van der Waals surface area (Å²) in [5, 5.41) is 0. The molecule has 0 radical (unpaired) electrons. The van der Waals surface area contributed by atoms with E-state index in [4.69, 9.17) is 0 Å². The highest BCUT2D eigenvalue weighted by molar-refractivity contribution is 7.87. The van der Waals surface area contributed by atoms with Gasteiger partial charge in [0.2, 0.25) is 5.91 Å². The van der Waals surface area contributed by atoms with Gasteiger partial charge in [-0.25, -0.2) is 0 Å². The molecule has 1 aromatic rings. The van der Waals surface area contributed by atoms with Gasteiger partial charge in [-0.15, -0.1) is 0 Å². The van der Waals surface area contributed by atoms with Crippen molar-refractivity contribution < 1.29 is 17.8 Å². The van der Waals surface area contributed by atoms with Crippen molar-refractivity contribution in [1.82, 2.24) is 0 Å². The summed E-state index contributed by atoms with van der Waals surface area (Å²) in [6.07, 6.45) is 0. The molecule has 1 rings (SSSR count). The summed E-state index contributed by atoms with van der Waals surface area (Å²) < 4.78 is 31.9. The van der Waals surface area contributed by atoms with Crippen molar-refractivity contribution in [2.45, 2.75) is 25.6 Å². The molecule has 0 heterocycles. The molecule has 6 heteroatoms. The van der Waals surface area contributed by atoms with E-state index in [0.29, 0.717) is 5.69 Å². The zero-order valence-electron chi connectivity index (χ0n) is 9.91. The molecule has 1 amide bonds. The number of anilines is 1. The predicted molar refractivity (Wildman–Crippen MR) is 65.2 cm³/mol. The summed E-state index contributed by atoms with van der Waals surface area (Å²) in [6.45, 7) is 3.80. The monoisotopic (exact) mass is 257 g/mol. The van der Waals surface area contributed by atoms with Gasteiger partial charge in [0.05, 0.1) is 0 Å². The van der Waals surface area contributed by atoms with Crippen LogP contribution < -0.4 is 4.90 Å². The van der Waals surface area contributed by atoms with Crippen LogP contribution in [0.15, 0.2) is 30.3 Å². The predicted octanol–water partition coefficient (Wildman–Crippen LogP) is 1.66. The highest BCUT2D eigenvalue weighted by Gasteiger charge is 2.41. The fourth-order valence-corrected chi connectivity index (χ4v) is 2.03. The fraction of sp³-hybridized carbons (Fsp3) is 0.364. The van der Waals surface area contributed by atoms with Crippen LogP contribution in [-0.4, -0.2) is 23.7 Å². The van der Waals surface area contributed by atoms with Crippen LogP contribution in [-0.2, 0) is 14.9 Å². The van der Waals surface area contributed by atoms with E-state index in [1.54, 1.807) is 30.3 Å². The van der Waals surface area contributed by atoms with E-state index in [9.17, 15) is 17.8 Å². The Bertz CT molecular complexity index is 508. The third-order valence-corrected chi connectivity index (χ3v) is 3.94. The number of hydrogen-bond donors (Lipinski definition) is 1. The lowest BCUT2D eigenvalue weighted by Gasteiger charge is -2.35. The first kappa shape index (κ1) is 13.7. The van der Waals surface area contributed by atoms with E-state index in [-0.39, 0.29) is 0 Å². The normalized spacial score (nSPS) is 12.2. The van der Waals surface area contributed by atoms with E-state index in [2.05, 4.69) is 0 Å². The van der Waals surface area contributed by atoms with Crippen LogP contribution in [0, 0.1) is 0 Å². The minimum Gasteiger partial charge on any atom is -0.290 e. The molecule has 0 spiro atoms. The minimum atomic E-state index is -4.39. The second-order valence-corrected chi connectivity index (χ2v) is 6.06. The Balaban J connectivity index is 3.35. The third kappa shape index (κ3) is 2.65. The topological polar surface area (TPSA) is 74.7 Å². The molecule has 0 aliphatic rings. The van der Waals surface area contributed by atoms with Crippen LogP contribution in [0.25, 0.3) is 0 Å². The Morgan fingerprint density at radius 2 is 1.71 bits per heavy atom. The molecule has 0 aliphatic heterocycles. The van der Waals surface area contributed by atoms with Crippen LogP contribution in [0.5, 0.6) is 0 Å². The summed E-state index contributed by atoms with van der Waals surface area (Å²) >= 11 is 0. The van der Waals surface area contributed by atoms with E-state index in [1.165, 1.54) is 20.8 Å². The minimum absolute atomic E-state index is 0.419. The number of benzene rings is 1. The fourth-order valence-electron chi connectivity index (χ4n) is 1.56. The van der Waals surface area contributed by atoms with Crippen molar-refractivity contribution in [1.29, 1.82) is 0 Å². The lowest BCUT2D eigenvalue weighted by atomic mass is 10.2. The maximum atomic E-state index is 11.6. The first-order chi connectivity index (χ1) is 7.68. The molecule has 0 saturated heterocycles. The van der Waals surface area contributed by atoms with Crippen molar-refractivity contribution in [3.63, 3.8) is 0 Å². The average Bonchev–Trinajstić information content (AvgIpc) is 2.16. The summed E-state index contributed by atoms with van der Waals surface area (Å²) in [5.41, 5.74) is 0.419. The van der Waals surface area contributed by atoms with Crippen LogP contribution >= 0.6 is 0 Å². The number of amides is 1. The SMILES string of the molecule is CC(=O)N(c1ccccc1)C(C)(C)S(=O)(=O)O. The Labute approximate surface area is 101 Å². The van der Waals surface area contributed by atoms with Gasteiger partial charge in [0.15, 0.2) is 4.87 Å². The molecular formula is C11H15NO4S. The van der Waals surface area contributed by atoms with Crippen molar-refractivity contribution in [2.24, 2.45) is 0 Å². The maximum Gasteiger partial charge on any atom is 0.289 e. The molecule has 94 valence electrons. The highest BCUT2D eigenvalue weighted by Crippen LogP contribution is 2.27. The van der Waals surface area contributed by atoms with Crippen LogP contribution in [0.2, 0.25) is 0 Å². The van der Waals surface area contributed by atoms with Gasteiger partial charge < -0.3 is 0 Å². The van der Waals surface area contributed by atoms with Gasteiger partial charge >= 0.3 is 0 Å². The molecule has 0 atom stereocenters. The van der Waals surface area contributed by atoms with Gasteiger partial charge in [0.1, 0.15) is 0 Å². The maximum absolute atomic E-state index is 11.6. The van der Waals surface area contributed by atoms with Crippen LogP contribution in [0.1, 0.15) is 20.8 Å². The highest BCUT2D eigenvalue weighted by atomic mass is 32.2. The average molecular weight is 257 g/mol. The Kier molecular flexibility index (Phi) is 3.59. The first-order valence-corrected chi connectivity index (χ1v) is 6.45. The van der Waals surface area contributed by atoms with Gasteiger partial charge in [0, 0.05) is 12.6 Å². The number of nitrogens with zero attached hydrogens (tertiary/aromatic N) is 1. The van der Waals surface area contributed by atoms with Crippen molar-refractivity contribution in [3.05, 3.63) is 30.3 Å². The zero-order chi connectivity index (χ0) is 13.3. The van der Waals surface area contributed by atoms with Gasteiger partial charge in [-0.3, -0.25) is 14.2 Å². The van der Waals surface area contributed by atoms with Gasteiger partial charge in [0.25, 0.3) is 10.1 Å².